The Hall–Kier alpha value is -0.380. The minimum Gasteiger partial charge on any atom is -0.317 e. The SMILES string of the molecule is CNC1CCC(S(=O)c2ccc(Cl)cc2)C1. The third-order valence-electron chi connectivity index (χ3n) is 3.14. The van der Waals surface area contributed by atoms with Gasteiger partial charge in [-0.2, -0.15) is 0 Å². The minimum absolute atomic E-state index is 0.290. The Balaban J connectivity index is 2.05. The summed E-state index contributed by atoms with van der Waals surface area (Å²) in [4.78, 5) is 0.895. The minimum atomic E-state index is -0.888. The molecule has 0 radical (unpaired) electrons. The Morgan fingerprint density at radius 3 is 2.56 bits per heavy atom. The maximum atomic E-state index is 12.3. The Labute approximate surface area is 104 Å². The molecule has 3 atom stereocenters. The molecule has 0 aromatic heterocycles. The molecule has 4 heteroatoms. The first-order chi connectivity index (χ1) is 7.70. The molecule has 1 N–H and O–H groups in total. The maximum absolute atomic E-state index is 12.3. The average molecular weight is 258 g/mol. The Morgan fingerprint density at radius 2 is 2.00 bits per heavy atom. The van der Waals surface area contributed by atoms with Gasteiger partial charge < -0.3 is 5.32 Å². The first kappa shape index (κ1) is 12.1. The van der Waals surface area contributed by atoms with E-state index < -0.39 is 10.8 Å². The molecule has 1 aliphatic carbocycles. The van der Waals surface area contributed by atoms with Crippen molar-refractivity contribution < 1.29 is 4.21 Å². The van der Waals surface area contributed by atoms with Gasteiger partial charge in [-0.1, -0.05) is 11.6 Å². The summed E-state index contributed by atoms with van der Waals surface area (Å²) >= 11 is 5.81. The second-order valence-electron chi connectivity index (χ2n) is 4.17. The van der Waals surface area contributed by atoms with E-state index in [0.717, 1.165) is 24.2 Å². The molecule has 1 aliphatic rings. The lowest BCUT2D eigenvalue weighted by atomic mass is 10.3. The van der Waals surface area contributed by atoms with Crippen LogP contribution in [-0.2, 0) is 10.8 Å². The van der Waals surface area contributed by atoms with Gasteiger partial charge in [0, 0.05) is 21.2 Å². The molecule has 2 rings (SSSR count). The lowest BCUT2D eigenvalue weighted by Gasteiger charge is -2.10. The summed E-state index contributed by atoms with van der Waals surface area (Å²) in [6, 6.07) is 7.87. The summed E-state index contributed by atoms with van der Waals surface area (Å²) in [5.41, 5.74) is 0. The fourth-order valence-corrected chi connectivity index (χ4v) is 3.83. The second-order valence-corrected chi connectivity index (χ2v) is 6.34. The third kappa shape index (κ3) is 2.65. The summed E-state index contributed by atoms with van der Waals surface area (Å²) in [6.07, 6.45) is 3.17. The van der Waals surface area contributed by atoms with E-state index in [4.69, 9.17) is 11.6 Å². The summed E-state index contributed by atoms with van der Waals surface area (Å²) in [5.74, 6) is 0. The summed E-state index contributed by atoms with van der Waals surface area (Å²) in [7, 11) is 1.08. The van der Waals surface area contributed by atoms with Crippen molar-refractivity contribution in [1.82, 2.24) is 5.32 Å². The van der Waals surface area contributed by atoms with Crippen LogP contribution in [0.25, 0.3) is 0 Å². The summed E-state index contributed by atoms with van der Waals surface area (Å²) in [6.45, 7) is 0. The highest BCUT2D eigenvalue weighted by atomic mass is 35.5. The monoisotopic (exact) mass is 257 g/mol. The van der Waals surface area contributed by atoms with Crippen LogP contribution in [-0.4, -0.2) is 22.5 Å². The van der Waals surface area contributed by atoms with Crippen LogP contribution in [0, 0.1) is 0 Å². The molecule has 0 heterocycles. The highest BCUT2D eigenvalue weighted by Gasteiger charge is 2.28. The zero-order valence-electron chi connectivity index (χ0n) is 9.28. The fourth-order valence-electron chi connectivity index (χ4n) is 2.16. The standard InChI is InChI=1S/C12H16ClNOS/c1-14-10-4-7-12(8-10)16(15)11-5-2-9(13)3-6-11/h2-3,5-6,10,12,14H,4,7-8H2,1H3. The normalized spacial score (nSPS) is 26.9. The highest BCUT2D eigenvalue weighted by Crippen LogP contribution is 2.27. The van der Waals surface area contributed by atoms with Gasteiger partial charge in [-0.15, -0.1) is 0 Å². The number of hydrogen-bond donors (Lipinski definition) is 1. The van der Waals surface area contributed by atoms with E-state index >= 15 is 0 Å². The van der Waals surface area contributed by atoms with Crippen molar-refractivity contribution in [3.05, 3.63) is 29.3 Å². The molecule has 0 aliphatic heterocycles. The average Bonchev–Trinajstić information content (AvgIpc) is 2.77. The molecule has 0 saturated heterocycles. The topological polar surface area (TPSA) is 29.1 Å². The molecule has 0 spiro atoms. The molecule has 1 aromatic carbocycles. The Bertz CT molecular complexity index is 379. The molecular formula is C12H16ClNOS. The van der Waals surface area contributed by atoms with E-state index in [2.05, 4.69) is 5.32 Å². The fraction of sp³-hybridized carbons (Fsp3) is 0.500. The van der Waals surface area contributed by atoms with Crippen LogP contribution in [0.1, 0.15) is 19.3 Å². The van der Waals surface area contributed by atoms with Gasteiger partial charge in [0.05, 0.1) is 10.8 Å². The molecule has 0 amide bonds. The quantitative estimate of drug-likeness (QED) is 0.902. The molecule has 1 aromatic rings. The van der Waals surface area contributed by atoms with Crippen LogP contribution >= 0.6 is 11.6 Å². The number of nitrogens with one attached hydrogen (secondary N) is 1. The first-order valence-corrected chi connectivity index (χ1v) is 7.13. The number of hydrogen-bond acceptors (Lipinski definition) is 2. The van der Waals surface area contributed by atoms with Gasteiger partial charge in [0.2, 0.25) is 0 Å². The molecule has 0 bridgehead atoms. The highest BCUT2D eigenvalue weighted by molar-refractivity contribution is 7.85. The zero-order valence-corrected chi connectivity index (χ0v) is 10.9. The van der Waals surface area contributed by atoms with Gasteiger partial charge in [-0.3, -0.25) is 4.21 Å². The van der Waals surface area contributed by atoms with Crippen LogP contribution in [0.5, 0.6) is 0 Å². The zero-order chi connectivity index (χ0) is 11.5. The lowest BCUT2D eigenvalue weighted by Crippen LogP contribution is -2.23. The predicted molar refractivity (Wildman–Crippen MR) is 68.3 cm³/mol. The van der Waals surface area contributed by atoms with Crippen molar-refractivity contribution >= 4 is 22.4 Å². The van der Waals surface area contributed by atoms with Crippen molar-refractivity contribution in [1.29, 1.82) is 0 Å². The largest absolute Gasteiger partial charge is 0.317 e. The van der Waals surface area contributed by atoms with Crippen LogP contribution < -0.4 is 5.32 Å². The van der Waals surface area contributed by atoms with Gasteiger partial charge in [0.1, 0.15) is 0 Å². The van der Waals surface area contributed by atoms with E-state index in [1.807, 2.05) is 19.2 Å². The van der Waals surface area contributed by atoms with Gasteiger partial charge in [-0.05, 0) is 50.6 Å². The van der Waals surface area contributed by atoms with Crippen LogP contribution in [0.3, 0.4) is 0 Å². The molecule has 16 heavy (non-hydrogen) atoms. The first-order valence-electron chi connectivity index (χ1n) is 5.54. The van der Waals surface area contributed by atoms with Crippen molar-refractivity contribution in [3.63, 3.8) is 0 Å². The van der Waals surface area contributed by atoms with E-state index in [0.29, 0.717) is 16.3 Å². The van der Waals surface area contributed by atoms with Gasteiger partial charge in [0.25, 0.3) is 0 Å². The Morgan fingerprint density at radius 1 is 1.31 bits per heavy atom. The van der Waals surface area contributed by atoms with E-state index in [-0.39, 0.29) is 0 Å². The molecule has 88 valence electrons. The molecule has 2 nitrogen and oxygen atoms in total. The third-order valence-corrected chi connectivity index (χ3v) is 5.16. The Kier molecular flexibility index (Phi) is 4.00. The van der Waals surface area contributed by atoms with E-state index in [1.54, 1.807) is 12.1 Å². The van der Waals surface area contributed by atoms with Crippen LogP contribution in [0.15, 0.2) is 29.2 Å². The molecular weight excluding hydrogens is 242 g/mol. The van der Waals surface area contributed by atoms with Crippen molar-refractivity contribution in [3.8, 4) is 0 Å². The summed E-state index contributed by atoms with van der Waals surface area (Å²) in [5, 5.41) is 4.24. The van der Waals surface area contributed by atoms with Crippen LogP contribution in [0.4, 0.5) is 0 Å². The van der Waals surface area contributed by atoms with E-state index in [1.165, 1.54) is 0 Å². The maximum Gasteiger partial charge on any atom is 0.0561 e. The van der Waals surface area contributed by atoms with Crippen LogP contribution in [0.2, 0.25) is 5.02 Å². The van der Waals surface area contributed by atoms with Crippen molar-refractivity contribution in [2.24, 2.45) is 0 Å². The number of halogens is 1. The van der Waals surface area contributed by atoms with Gasteiger partial charge in [0.15, 0.2) is 0 Å². The van der Waals surface area contributed by atoms with Gasteiger partial charge in [-0.25, -0.2) is 0 Å². The smallest absolute Gasteiger partial charge is 0.0561 e. The number of rotatable bonds is 3. The second kappa shape index (κ2) is 5.30. The van der Waals surface area contributed by atoms with Crippen molar-refractivity contribution in [2.45, 2.75) is 35.4 Å². The summed E-state index contributed by atoms with van der Waals surface area (Å²) < 4.78 is 12.3. The molecule has 1 saturated carbocycles. The van der Waals surface area contributed by atoms with Gasteiger partial charge >= 0.3 is 0 Å². The molecule has 1 fully saturated rings. The lowest BCUT2D eigenvalue weighted by molar-refractivity contribution is 0.581. The van der Waals surface area contributed by atoms with Crippen molar-refractivity contribution in [2.75, 3.05) is 7.05 Å². The van der Waals surface area contributed by atoms with E-state index in [9.17, 15) is 4.21 Å². The predicted octanol–water partition coefficient (Wildman–Crippen LogP) is 2.59. The number of benzene rings is 1. The molecule has 3 unspecified atom stereocenters.